The largest absolute Gasteiger partial charge is 0.481 e. The highest BCUT2D eigenvalue weighted by atomic mass is 32.2. The molecule has 4 atom stereocenters. The summed E-state index contributed by atoms with van der Waals surface area (Å²) in [5.41, 5.74) is 0. The van der Waals surface area contributed by atoms with E-state index in [-0.39, 0.29) is 12.1 Å². The molecule has 0 aromatic carbocycles. The summed E-state index contributed by atoms with van der Waals surface area (Å²) in [5.74, 6) is -1.70. The van der Waals surface area contributed by atoms with E-state index in [1.807, 2.05) is 13.8 Å². The van der Waals surface area contributed by atoms with Crippen LogP contribution in [0.15, 0.2) is 0 Å². The molecular weight excluding hydrogens is 266 g/mol. The van der Waals surface area contributed by atoms with Gasteiger partial charge < -0.3 is 5.11 Å². The van der Waals surface area contributed by atoms with Gasteiger partial charge in [-0.15, -0.1) is 0 Å². The normalized spacial score (nSPS) is 37.4. The molecule has 0 bridgehead atoms. The predicted molar refractivity (Wildman–Crippen MR) is 72.3 cm³/mol. The van der Waals surface area contributed by atoms with Crippen molar-refractivity contribution >= 4 is 16.0 Å². The highest BCUT2D eigenvalue weighted by molar-refractivity contribution is 7.89. The molecular formula is C13H23NO4S. The molecule has 0 amide bonds. The molecule has 1 N–H and O–H groups in total. The predicted octanol–water partition coefficient (Wildman–Crippen LogP) is 1.83. The van der Waals surface area contributed by atoms with Crippen molar-refractivity contribution in [1.29, 1.82) is 0 Å². The molecule has 0 aromatic rings. The number of piperidine rings is 1. The van der Waals surface area contributed by atoms with Crippen LogP contribution in [0.3, 0.4) is 0 Å². The molecule has 2 rings (SSSR count). The number of rotatable bonds is 3. The summed E-state index contributed by atoms with van der Waals surface area (Å²) in [4.78, 5) is 11.2. The van der Waals surface area contributed by atoms with Gasteiger partial charge in [-0.2, -0.15) is 4.31 Å². The molecule has 0 radical (unpaired) electrons. The highest BCUT2D eigenvalue weighted by Crippen LogP contribution is 2.36. The SMILES string of the molecule is C[C@@H]1CCC[C@H](C)N1S(=O)(=O)C1CCCC1C(=O)O. The minimum atomic E-state index is -3.50. The Kier molecular flexibility index (Phi) is 4.20. The van der Waals surface area contributed by atoms with Crippen LogP contribution < -0.4 is 0 Å². The lowest BCUT2D eigenvalue weighted by Crippen LogP contribution is -2.52. The van der Waals surface area contributed by atoms with Crippen LogP contribution in [0.1, 0.15) is 52.4 Å². The van der Waals surface area contributed by atoms with Gasteiger partial charge in [-0.3, -0.25) is 4.79 Å². The Morgan fingerprint density at radius 2 is 1.58 bits per heavy atom. The quantitative estimate of drug-likeness (QED) is 0.860. The van der Waals surface area contributed by atoms with Crippen molar-refractivity contribution in [1.82, 2.24) is 4.31 Å². The summed E-state index contributed by atoms with van der Waals surface area (Å²) in [7, 11) is -3.50. The number of nitrogens with zero attached hydrogens (tertiary/aromatic N) is 1. The molecule has 0 spiro atoms. The Balaban J connectivity index is 2.28. The second-order valence-electron chi connectivity index (χ2n) is 5.92. The van der Waals surface area contributed by atoms with Crippen LogP contribution in [0.4, 0.5) is 0 Å². The molecule has 0 aromatic heterocycles. The van der Waals surface area contributed by atoms with Gasteiger partial charge in [0.15, 0.2) is 0 Å². The number of hydrogen-bond donors (Lipinski definition) is 1. The fraction of sp³-hybridized carbons (Fsp3) is 0.923. The molecule has 110 valence electrons. The number of carbonyl (C=O) groups is 1. The van der Waals surface area contributed by atoms with Crippen molar-refractivity contribution in [3.05, 3.63) is 0 Å². The van der Waals surface area contributed by atoms with Crippen molar-refractivity contribution in [3.63, 3.8) is 0 Å². The highest BCUT2D eigenvalue weighted by Gasteiger charge is 2.47. The molecule has 1 saturated carbocycles. The first-order valence-corrected chi connectivity index (χ1v) is 8.61. The van der Waals surface area contributed by atoms with Crippen molar-refractivity contribution < 1.29 is 18.3 Å². The number of carboxylic acids is 1. The Morgan fingerprint density at radius 1 is 1.05 bits per heavy atom. The van der Waals surface area contributed by atoms with Gasteiger partial charge in [0.25, 0.3) is 0 Å². The molecule has 2 fully saturated rings. The van der Waals surface area contributed by atoms with E-state index in [9.17, 15) is 18.3 Å². The van der Waals surface area contributed by atoms with E-state index < -0.39 is 27.2 Å². The average Bonchev–Trinajstić information content (AvgIpc) is 2.77. The van der Waals surface area contributed by atoms with Gasteiger partial charge in [-0.05, 0) is 39.5 Å². The van der Waals surface area contributed by atoms with Crippen LogP contribution in [0.25, 0.3) is 0 Å². The van der Waals surface area contributed by atoms with Gasteiger partial charge in [-0.25, -0.2) is 8.42 Å². The molecule has 2 aliphatic rings. The number of carboxylic acid groups (broad SMARTS) is 1. The maximum atomic E-state index is 12.8. The second kappa shape index (κ2) is 5.40. The monoisotopic (exact) mass is 289 g/mol. The van der Waals surface area contributed by atoms with E-state index in [1.54, 1.807) is 4.31 Å². The first kappa shape index (κ1) is 14.8. The van der Waals surface area contributed by atoms with Crippen molar-refractivity contribution in [3.8, 4) is 0 Å². The lowest BCUT2D eigenvalue weighted by atomic mass is 10.0. The molecule has 6 heteroatoms. The van der Waals surface area contributed by atoms with E-state index in [0.717, 1.165) is 19.3 Å². The van der Waals surface area contributed by atoms with Crippen molar-refractivity contribution in [2.45, 2.75) is 69.7 Å². The maximum Gasteiger partial charge on any atom is 0.307 e. The van der Waals surface area contributed by atoms with Gasteiger partial charge in [0, 0.05) is 12.1 Å². The first-order valence-electron chi connectivity index (χ1n) is 7.11. The van der Waals surface area contributed by atoms with Crippen molar-refractivity contribution in [2.75, 3.05) is 0 Å². The lowest BCUT2D eigenvalue weighted by molar-refractivity contribution is -0.141. The van der Waals surface area contributed by atoms with Crippen LogP contribution >= 0.6 is 0 Å². The molecule has 2 unspecified atom stereocenters. The summed E-state index contributed by atoms with van der Waals surface area (Å²) in [6.07, 6.45) is 4.44. The number of aliphatic carboxylic acids is 1. The van der Waals surface area contributed by atoms with Gasteiger partial charge in [0.1, 0.15) is 0 Å². The van der Waals surface area contributed by atoms with E-state index in [2.05, 4.69) is 0 Å². The average molecular weight is 289 g/mol. The maximum absolute atomic E-state index is 12.8. The van der Waals surface area contributed by atoms with Crippen LogP contribution in [0, 0.1) is 5.92 Å². The van der Waals surface area contributed by atoms with Crippen LogP contribution in [0.5, 0.6) is 0 Å². The Bertz CT molecular complexity index is 438. The third kappa shape index (κ3) is 2.65. The molecule has 1 aliphatic carbocycles. The zero-order chi connectivity index (χ0) is 14.2. The number of sulfonamides is 1. The molecule has 5 nitrogen and oxygen atoms in total. The van der Waals surface area contributed by atoms with Crippen LogP contribution in [-0.4, -0.2) is 41.1 Å². The minimum Gasteiger partial charge on any atom is -0.481 e. The van der Waals surface area contributed by atoms with E-state index in [4.69, 9.17) is 0 Å². The van der Waals surface area contributed by atoms with E-state index in [1.165, 1.54) is 0 Å². The Hall–Kier alpha value is -0.620. The zero-order valence-corrected chi connectivity index (χ0v) is 12.4. The Labute approximate surface area is 115 Å². The topological polar surface area (TPSA) is 74.7 Å². The summed E-state index contributed by atoms with van der Waals surface area (Å²) in [6, 6.07) is -0.0208. The molecule has 1 heterocycles. The second-order valence-corrected chi connectivity index (χ2v) is 7.97. The van der Waals surface area contributed by atoms with Crippen molar-refractivity contribution in [2.24, 2.45) is 5.92 Å². The minimum absolute atomic E-state index is 0.0104. The third-order valence-electron chi connectivity index (χ3n) is 4.56. The Morgan fingerprint density at radius 3 is 2.11 bits per heavy atom. The standard InChI is InChI=1S/C13H23NO4S/c1-9-5-3-6-10(2)14(9)19(17,18)12-8-4-7-11(12)13(15)16/h9-12H,3-8H2,1-2H3,(H,15,16)/t9-,10+,11?,12?. The molecule has 1 saturated heterocycles. The van der Waals surface area contributed by atoms with Gasteiger partial charge >= 0.3 is 5.97 Å². The lowest BCUT2D eigenvalue weighted by Gasteiger charge is -2.39. The summed E-state index contributed by atoms with van der Waals surface area (Å²) >= 11 is 0. The fourth-order valence-electron chi connectivity index (χ4n) is 3.62. The van der Waals surface area contributed by atoms with Gasteiger partial charge in [0.2, 0.25) is 10.0 Å². The smallest absolute Gasteiger partial charge is 0.307 e. The van der Waals surface area contributed by atoms with E-state index >= 15 is 0 Å². The summed E-state index contributed by atoms with van der Waals surface area (Å²) in [6.45, 7) is 3.86. The third-order valence-corrected chi connectivity index (χ3v) is 7.20. The van der Waals surface area contributed by atoms with Gasteiger partial charge in [-0.1, -0.05) is 12.8 Å². The van der Waals surface area contributed by atoms with Crippen LogP contribution in [-0.2, 0) is 14.8 Å². The number of hydrogen-bond acceptors (Lipinski definition) is 3. The zero-order valence-electron chi connectivity index (χ0n) is 11.6. The first-order chi connectivity index (χ1) is 8.85. The van der Waals surface area contributed by atoms with Gasteiger partial charge in [0.05, 0.1) is 11.2 Å². The molecule has 1 aliphatic heterocycles. The fourth-order valence-corrected chi connectivity index (χ4v) is 6.28. The molecule has 19 heavy (non-hydrogen) atoms. The van der Waals surface area contributed by atoms with Crippen LogP contribution in [0.2, 0.25) is 0 Å². The summed E-state index contributed by atoms with van der Waals surface area (Å²) < 4.78 is 27.2. The summed E-state index contributed by atoms with van der Waals surface area (Å²) in [5, 5.41) is 8.47. The van der Waals surface area contributed by atoms with E-state index in [0.29, 0.717) is 19.3 Å².